The van der Waals surface area contributed by atoms with E-state index in [1.54, 1.807) is 18.2 Å². The molecule has 7 nitrogen and oxygen atoms in total. The minimum absolute atomic E-state index is 0.0585. The second-order valence-electron chi connectivity index (χ2n) is 6.37. The molecule has 1 amide bonds. The SMILES string of the molecule is Cc1ccc(Cl)cc1NC(=O)c1cnc2c(c1)c(=O)[nH]c(=O)n2C1CC1. The van der Waals surface area contributed by atoms with E-state index >= 15 is 0 Å². The van der Waals surface area contributed by atoms with Gasteiger partial charge in [0.1, 0.15) is 5.65 Å². The number of carbonyl (C=O) groups excluding carboxylic acids is 1. The van der Waals surface area contributed by atoms with E-state index in [2.05, 4.69) is 15.3 Å². The van der Waals surface area contributed by atoms with Gasteiger partial charge in [-0.3, -0.25) is 19.1 Å². The van der Waals surface area contributed by atoms with Crippen molar-refractivity contribution in [3.8, 4) is 0 Å². The summed E-state index contributed by atoms with van der Waals surface area (Å²) in [6.07, 6.45) is 3.12. The number of H-pyrrole nitrogens is 1. The predicted octanol–water partition coefficient (Wildman–Crippen LogP) is 2.63. The van der Waals surface area contributed by atoms with Crippen molar-refractivity contribution in [1.29, 1.82) is 0 Å². The van der Waals surface area contributed by atoms with Gasteiger partial charge >= 0.3 is 5.69 Å². The quantitative estimate of drug-likeness (QED) is 0.740. The Kier molecular flexibility index (Phi) is 3.88. The van der Waals surface area contributed by atoms with Crippen molar-refractivity contribution in [1.82, 2.24) is 14.5 Å². The molecule has 0 unspecified atom stereocenters. The summed E-state index contributed by atoms with van der Waals surface area (Å²) >= 11 is 5.97. The van der Waals surface area contributed by atoms with Gasteiger partial charge in [0.25, 0.3) is 11.5 Å². The molecule has 1 aromatic carbocycles. The number of hydrogen-bond donors (Lipinski definition) is 2. The highest BCUT2D eigenvalue weighted by Gasteiger charge is 2.27. The number of aryl methyl sites for hydroxylation is 1. The zero-order valence-corrected chi connectivity index (χ0v) is 14.6. The maximum absolute atomic E-state index is 12.6. The van der Waals surface area contributed by atoms with Crippen LogP contribution < -0.4 is 16.6 Å². The Hall–Kier alpha value is -2.93. The fourth-order valence-corrected chi connectivity index (χ4v) is 3.03. The summed E-state index contributed by atoms with van der Waals surface area (Å²) < 4.78 is 1.49. The average molecular weight is 371 g/mol. The molecule has 2 N–H and O–H groups in total. The van der Waals surface area contributed by atoms with E-state index in [9.17, 15) is 14.4 Å². The molecule has 3 aromatic rings. The number of aromatic amines is 1. The van der Waals surface area contributed by atoms with Gasteiger partial charge in [-0.1, -0.05) is 17.7 Å². The number of rotatable bonds is 3. The van der Waals surface area contributed by atoms with Gasteiger partial charge in [0.2, 0.25) is 0 Å². The van der Waals surface area contributed by atoms with Crippen LogP contribution in [0.2, 0.25) is 5.02 Å². The van der Waals surface area contributed by atoms with Crippen molar-refractivity contribution in [2.45, 2.75) is 25.8 Å². The number of carbonyl (C=O) groups is 1. The molecular formula is C18H15ClN4O3. The number of halogens is 1. The van der Waals surface area contributed by atoms with E-state index in [1.165, 1.54) is 16.8 Å². The van der Waals surface area contributed by atoms with Gasteiger partial charge in [0.05, 0.1) is 10.9 Å². The van der Waals surface area contributed by atoms with Crippen LogP contribution in [-0.4, -0.2) is 20.4 Å². The van der Waals surface area contributed by atoms with Gasteiger partial charge in [-0.25, -0.2) is 9.78 Å². The minimum Gasteiger partial charge on any atom is -0.322 e. The second-order valence-corrected chi connectivity index (χ2v) is 6.81. The lowest BCUT2D eigenvalue weighted by Crippen LogP contribution is -2.30. The lowest BCUT2D eigenvalue weighted by Gasteiger charge is -2.10. The molecule has 0 radical (unpaired) electrons. The Morgan fingerprint density at radius 1 is 1.31 bits per heavy atom. The molecule has 0 aliphatic heterocycles. The van der Waals surface area contributed by atoms with Gasteiger partial charge < -0.3 is 5.32 Å². The monoisotopic (exact) mass is 370 g/mol. The average Bonchev–Trinajstić information content (AvgIpc) is 3.43. The molecule has 8 heteroatoms. The van der Waals surface area contributed by atoms with Crippen molar-refractivity contribution >= 4 is 34.2 Å². The fourth-order valence-electron chi connectivity index (χ4n) is 2.86. The zero-order chi connectivity index (χ0) is 18.4. The van der Waals surface area contributed by atoms with Crippen LogP contribution in [0.5, 0.6) is 0 Å². The van der Waals surface area contributed by atoms with Gasteiger partial charge in [-0.2, -0.15) is 0 Å². The number of nitrogens with zero attached hydrogens (tertiary/aromatic N) is 2. The Bertz CT molecular complexity index is 1160. The van der Waals surface area contributed by atoms with Crippen LogP contribution >= 0.6 is 11.6 Å². The van der Waals surface area contributed by atoms with E-state index in [4.69, 9.17) is 11.6 Å². The second kappa shape index (κ2) is 6.10. The highest BCUT2D eigenvalue weighted by molar-refractivity contribution is 6.31. The summed E-state index contributed by atoms with van der Waals surface area (Å²) in [6.45, 7) is 1.85. The van der Waals surface area contributed by atoms with Crippen LogP contribution in [0.25, 0.3) is 11.0 Å². The molecule has 0 spiro atoms. The fraction of sp³-hybridized carbons (Fsp3) is 0.222. The number of fused-ring (bicyclic) bond motifs is 1. The number of aromatic nitrogens is 3. The van der Waals surface area contributed by atoms with Gasteiger partial charge in [-0.05, 0) is 43.5 Å². The summed E-state index contributed by atoms with van der Waals surface area (Å²) in [5.41, 5.74) is 0.948. The van der Waals surface area contributed by atoms with Crippen LogP contribution in [0.4, 0.5) is 5.69 Å². The summed E-state index contributed by atoms with van der Waals surface area (Å²) in [6, 6.07) is 6.70. The first kappa shape index (κ1) is 16.5. The van der Waals surface area contributed by atoms with E-state index < -0.39 is 17.2 Å². The van der Waals surface area contributed by atoms with E-state index in [0.29, 0.717) is 16.4 Å². The van der Waals surface area contributed by atoms with E-state index in [1.807, 2.05) is 6.92 Å². The van der Waals surface area contributed by atoms with Gasteiger partial charge in [-0.15, -0.1) is 0 Å². The Morgan fingerprint density at radius 2 is 2.08 bits per heavy atom. The predicted molar refractivity (Wildman–Crippen MR) is 99.0 cm³/mol. The van der Waals surface area contributed by atoms with Crippen molar-refractivity contribution in [2.24, 2.45) is 0 Å². The smallest absolute Gasteiger partial charge is 0.322 e. The standard InChI is InChI=1S/C18H15ClN4O3/c1-9-2-3-11(19)7-14(9)21-16(24)10-6-13-15(20-8-10)23(12-4-5-12)18(26)22-17(13)25/h2-3,6-8,12H,4-5H2,1H3,(H,21,24)(H,22,25,26). The highest BCUT2D eigenvalue weighted by Crippen LogP contribution is 2.34. The third kappa shape index (κ3) is 2.90. The third-order valence-electron chi connectivity index (χ3n) is 4.40. The van der Waals surface area contributed by atoms with Gasteiger partial charge in [0.15, 0.2) is 0 Å². The first-order valence-corrected chi connectivity index (χ1v) is 8.54. The summed E-state index contributed by atoms with van der Waals surface area (Å²) in [5, 5.41) is 3.49. The highest BCUT2D eigenvalue weighted by atomic mass is 35.5. The molecule has 1 aliphatic rings. The number of anilines is 1. The Labute approximate surface area is 152 Å². The number of hydrogen-bond acceptors (Lipinski definition) is 4. The van der Waals surface area contributed by atoms with Crippen LogP contribution in [0, 0.1) is 6.92 Å². The van der Waals surface area contributed by atoms with Crippen molar-refractivity contribution in [2.75, 3.05) is 5.32 Å². The molecule has 0 bridgehead atoms. The summed E-state index contributed by atoms with van der Waals surface area (Å²) in [7, 11) is 0. The van der Waals surface area contributed by atoms with Crippen LogP contribution in [0.1, 0.15) is 34.8 Å². The van der Waals surface area contributed by atoms with Crippen molar-refractivity contribution < 1.29 is 4.79 Å². The van der Waals surface area contributed by atoms with Gasteiger partial charge in [0, 0.05) is 22.9 Å². The molecular weight excluding hydrogens is 356 g/mol. The molecule has 2 heterocycles. The molecule has 1 aliphatic carbocycles. The molecule has 0 atom stereocenters. The van der Waals surface area contributed by atoms with Crippen LogP contribution in [0.3, 0.4) is 0 Å². The maximum Gasteiger partial charge on any atom is 0.330 e. The number of pyridine rings is 1. The first-order valence-electron chi connectivity index (χ1n) is 8.16. The largest absolute Gasteiger partial charge is 0.330 e. The molecule has 132 valence electrons. The molecule has 26 heavy (non-hydrogen) atoms. The number of nitrogens with one attached hydrogen (secondary N) is 2. The molecule has 1 saturated carbocycles. The molecule has 4 rings (SSSR count). The van der Waals surface area contributed by atoms with Crippen molar-refractivity contribution in [3.63, 3.8) is 0 Å². The third-order valence-corrected chi connectivity index (χ3v) is 4.64. The normalized spacial score (nSPS) is 13.8. The topological polar surface area (TPSA) is 96.8 Å². The van der Waals surface area contributed by atoms with E-state index in [-0.39, 0.29) is 17.0 Å². The maximum atomic E-state index is 12.6. The summed E-state index contributed by atoms with van der Waals surface area (Å²) in [4.78, 5) is 43.3. The Balaban J connectivity index is 1.75. The zero-order valence-electron chi connectivity index (χ0n) is 13.9. The number of benzene rings is 1. The van der Waals surface area contributed by atoms with Crippen molar-refractivity contribution in [3.05, 3.63) is 67.4 Å². The molecule has 2 aromatic heterocycles. The Morgan fingerprint density at radius 3 is 2.81 bits per heavy atom. The first-order chi connectivity index (χ1) is 12.4. The lowest BCUT2D eigenvalue weighted by molar-refractivity contribution is 0.102. The van der Waals surface area contributed by atoms with Crippen LogP contribution in [-0.2, 0) is 0 Å². The lowest BCUT2D eigenvalue weighted by atomic mass is 10.1. The minimum atomic E-state index is -0.553. The molecule has 0 saturated heterocycles. The molecule has 1 fully saturated rings. The van der Waals surface area contributed by atoms with E-state index in [0.717, 1.165) is 18.4 Å². The van der Waals surface area contributed by atoms with Crippen LogP contribution in [0.15, 0.2) is 40.1 Å². The summed E-state index contributed by atoms with van der Waals surface area (Å²) in [5.74, 6) is -0.409. The number of amides is 1.